The fourth-order valence-electron chi connectivity index (χ4n) is 1.97. The van der Waals surface area contributed by atoms with Crippen molar-refractivity contribution in [3.63, 3.8) is 0 Å². The summed E-state index contributed by atoms with van der Waals surface area (Å²) >= 11 is 0. The van der Waals surface area contributed by atoms with Crippen molar-refractivity contribution in [2.45, 2.75) is 19.4 Å². The van der Waals surface area contributed by atoms with E-state index in [-0.39, 0.29) is 12.6 Å². The van der Waals surface area contributed by atoms with E-state index in [0.717, 1.165) is 24.3 Å². The maximum Gasteiger partial charge on any atom is 0.121 e. The monoisotopic (exact) mass is 252 g/mol. The first-order valence-electron chi connectivity index (χ1n) is 6.25. The van der Waals surface area contributed by atoms with Gasteiger partial charge in [0, 0.05) is 19.1 Å². The molecule has 0 amide bonds. The summed E-state index contributed by atoms with van der Waals surface area (Å²) in [5.74, 6) is 0.925. The maximum absolute atomic E-state index is 8.90. The second kappa shape index (κ2) is 7.36. The van der Waals surface area contributed by atoms with Crippen LogP contribution in [0.25, 0.3) is 0 Å². The molecule has 4 heteroatoms. The molecular formula is C14H24N2O2. The predicted octanol–water partition coefficient (Wildman–Crippen LogP) is 0.798. The third-order valence-electron chi connectivity index (χ3n) is 3.02. The lowest BCUT2D eigenvalue weighted by molar-refractivity contribution is 0.222. The normalized spacial score (nSPS) is 12.8. The van der Waals surface area contributed by atoms with Crippen LogP contribution in [0.1, 0.15) is 11.1 Å². The Hall–Kier alpha value is -1.10. The molecule has 0 spiro atoms. The molecule has 1 rings (SSSR count). The van der Waals surface area contributed by atoms with Crippen LogP contribution in [0.5, 0.6) is 5.75 Å². The van der Waals surface area contributed by atoms with Gasteiger partial charge in [0.2, 0.25) is 0 Å². The van der Waals surface area contributed by atoms with Gasteiger partial charge in [0.25, 0.3) is 0 Å². The third kappa shape index (κ3) is 4.64. The highest BCUT2D eigenvalue weighted by molar-refractivity contribution is 5.36. The van der Waals surface area contributed by atoms with Gasteiger partial charge < -0.3 is 20.5 Å². The summed E-state index contributed by atoms with van der Waals surface area (Å²) in [5.41, 5.74) is 8.14. The van der Waals surface area contributed by atoms with Gasteiger partial charge in [-0.3, -0.25) is 0 Å². The van der Waals surface area contributed by atoms with E-state index in [1.54, 1.807) is 7.11 Å². The largest absolute Gasteiger partial charge is 0.496 e. The van der Waals surface area contributed by atoms with E-state index in [1.807, 2.05) is 20.0 Å². The van der Waals surface area contributed by atoms with Crippen molar-refractivity contribution in [1.29, 1.82) is 0 Å². The Morgan fingerprint density at radius 1 is 1.44 bits per heavy atom. The molecule has 0 saturated carbocycles. The van der Waals surface area contributed by atoms with Crippen LogP contribution in [0.2, 0.25) is 0 Å². The van der Waals surface area contributed by atoms with Gasteiger partial charge in [0.15, 0.2) is 0 Å². The molecule has 102 valence electrons. The quantitative estimate of drug-likeness (QED) is 0.753. The average molecular weight is 252 g/mol. The molecule has 4 nitrogen and oxygen atoms in total. The van der Waals surface area contributed by atoms with Crippen LogP contribution in [0.15, 0.2) is 18.2 Å². The van der Waals surface area contributed by atoms with Gasteiger partial charge in [-0.1, -0.05) is 12.1 Å². The van der Waals surface area contributed by atoms with E-state index in [1.165, 1.54) is 5.56 Å². The molecule has 0 aliphatic rings. The molecule has 1 aromatic carbocycles. The lowest BCUT2D eigenvalue weighted by Gasteiger charge is -2.20. The Morgan fingerprint density at radius 2 is 2.17 bits per heavy atom. The van der Waals surface area contributed by atoms with Crippen molar-refractivity contribution in [2.75, 3.05) is 33.9 Å². The summed E-state index contributed by atoms with van der Waals surface area (Å²) in [6.07, 6.45) is 0.972. The van der Waals surface area contributed by atoms with E-state index in [2.05, 4.69) is 17.0 Å². The average Bonchev–Trinajstić information content (AvgIpc) is 2.36. The first-order valence-corrected chi connectivity index (χ1v) is 6.25. The molecule has 3 N–H and O–H groups in total. The highest BCUT2D eigenvalue weighted by Crippen LogP contribution is 2.18. The van der Waals surface area contributed by atoms with Gasteiger partial charge in [-0.25, -0.2) is 0 Å². The van der Waals surface area contributed by atoms with Crippen LogP contribution in [0, 0.1) is 6.92 Å². The molecule has 0 heterocycles. The summed E-state index contributed by atoms with van der Waals surface area (Å²) in [5, 5.41) is 8.90. The summed E-state index contributed by atoms with van der Waals surface area (Å²) in [6.45, 7) is 3.73. The standard InChI is InChI=1S/C14H24N2O2/c1-11-8-12(4-5-14(11)18-3)6-7-16(2)9-13(15)10-17/h4-5,8,13,17H,6-7,9-10,15H2,1-3H3. The first-order chi connectivity index (χ1) is 8.56. The zero-order valence-corrected chi connectivity index (χ0v) is 11.5. The number of methoxy groups -OCH3 is 1. The molecule has 0 bridgehead atoms. The maximum atomic E-state index is 8.90. The van der Waals surface area contributed by atoms with Gasteiger partial charge >= 0.3 is 0 Å². The van der Waals surface area contributed by atoms with Gasteiger partial charge in [-0.2, -0.15) is 0 Å². The highest BCUT2D eigenvalue weighted by Gasteiger charge is 2.06. The molecule has 1 atom stereocenters. The number of aliphatic hydroxyl groups excluding tert-OH is 1. The number of hydrogen-bond donors (Lipinski definition) is 2. The zero-order chi connectivity index (χ0) is 13.5. The van der Waals surface area contributed by atoms with E-state index < -0.39 is 0 Å². The second-order valence-electron chi connectivity index (χ2n) is 4.76. The minimum Gasteiger partial charge on any atom is -0.496 e. The number of benzene rings is 1. The van der Waals surface area contributed by atoms with E-state index in [0.29, 0.717) is 6.54 Å². The zero-order valence-electron chi connectivity index (χ0n) is 11.5. The first kappa shape index (κ1) is 15.0. The molecule has 0 aliphatic carbocycles. The lowest BCUT2D eigenvalue weighted by Crippen LogP contribution is -2.38. The topological polar surface area (TPSA) is 58.7 Å². The Labute approximate surface area is 109 Å². The van der Waals surface area contributed by atoms with Crippen molar-refractivity contribution < 1.29 is 9.84 Å². The Morgan fingerprint density at radius 3 is 2.72 bits per heavy atom. The summed E-state index contributed by atoms with van der Waals surface area (Å²) in [4.78, 5) is 2.14. The highest BCUT2D eigenvalue weighted by atomic mass is 16.5. The molecule has 0 fully saturated rings. The number of rotatable bonds is 7. The SMILES string of the molecule is COc1ccc(CCN(C)CC(N)CO)cc1C. The molecule has 0 radical (unpaired) electrons. The van der Waals surface area contributed by atoms with Crippen molar-refractivity contribution in [1.82, 2.24) is 4.90 Å². The van der Waals surface area contributed by atoms with Crippen LogP contribution in [-0.2, 0) is 6.42 Å². The van der Waals surface area contributed by atoms with Crippen LogP contribution >= 0.6 is 0 Å². The van der Waals surface area contributed by atoms with E-state index in [9.17, 15) is 0 Å². The molecule has 18 heavy (non-hydrogen) atoms. The van der Waals surface area contributed by atoms with Crippen LogP contribution in [0.4, 0.5) is 0 Å². The van der Waals surface area contributed by atoms with Crippen molar-refractivity contribution in [3.8, 4) is 5.75 Å². The number of nitrogens with two attached hydrogens (primary N) is 1. The smallest absolute Gasteiger partial charge is 0.121 e. The summed E-state index contributed by atoms with van der Waals surface area (Å²) in [7, 11) is 3.71. The van der Waals surface area contributed by atoms with Crippen LogP contribution < -0.4 is 10.5 Å². The molecular weight excluding hydrogens is 228 g/mol. The Bertz CT molecular complexity index is 369. The van der Waals surface area contributed by atoms with Gasteiger partial charge in [0.05, 0.1) is 13.7 Å². The minimum absolute atomic E-state index is 0.0337. The molecule has 0 aliphatic heterocycles. The Balaban J connectivity index is 2.46. The molecule has 0 saturated heterocycles. The number of nitrogens with zero attached hydrogens (tertiary/aromatic N) is 1. The predicted molar refractivity (Wildman–Crippen MR) is 74.0 cm³/mol. The number of likely N-dealkylation sites (N-methyl/N-ethyl adjacent to an activating group) is 1. The lowest BCUT2D eigenvalue weighted by atomic mass is 10.1. The van der Waals surface area contributed by atoms with Crippen LogP contribution in [0.3, 0.4) is 0 Å². The van der Waals surface area contributed by atoms with E-state index >= 15 is 0 Å². The molecule has 1 aromatic rings. The van der Waals surface area contributed by atoms with Crippen molar-refractivity contribution in [3.05, 3.63) is 29.3 Å². The van der Waals surface area contributed by atoms with Gasteiger partial charge in [-0.05, 0) is 37.6 Å². The summed E-state index contributed by atoms with van der Waals surface area (Å²) < 4.78 is 5.24. The second-order valence-corrected chi connectivity index (χ2v) is 4.76. The number of ether oxygens (including phenoxy) is 1. The van der Waals surface area contributed by atoms with Gasteiger partial charge in [-0.15, -0.1) is 0 Å². The number of hydrogen-bond acceptors (Lipinski definition) is 4. The van der Waals surface area contributed by atoms with Crippen molar-refractivity contribution in [2.24, 2.45) is 5.73 Å². The van der Waals surface area contributed by atoms with Gasteiger partial charge in [0.1, 0.15) is 5.75 Å². The van der Waals surface area contributed by atoms with Crippen LogP contribution in [-0.4, -0.2) is 49.9 Å². The molecule has 0 aromatic heterocycles. The van der Waals surface area contributed by atoms with Crippen molar-refractivity contribution >= 4 is 0 Å². The number of aliphatic hydroxyl groups is 1. The Kier molecular flexibility index (Phi) is 6.12. The van der Waals surface area contributed by atoms with E-state index in [4.69, 9.17) is 15.6 Å². The minimum atomic E-state index is -0.160. The fraction of sp³-hybridized carbons (Fsp3) is 0.571. The fourth-order valence-corrected chi connectivity index (χ4v) is 1.97. The third-order valence-corrected chi connectivity index (χ3v) is 3.02. The summed E-state index contributed by atoms with van der Waals surface area (Å²) in [6, 6.07) is 6.08. The number of aryl methyl sites for hydroxylation is 1. The molecule has 1 unspecified atom stereocenters.